The molecule has 3 nitrogen and oxygen atoms in total. The van der Waals surface area contributed by atoms with E-state index in [0.717, 1.165) is 11.1 Å². The monoisotopic (exact) mass is 188 g/mol. The molecular formula is C11H12N2O. The third kappa shape index (κ3) is 1.62. The molecule has 72 valence electrons. The minimum atomic E-state index is 0.630. The van der Waals surface area contributed by atoms with Crippen LogP contribution in [0.4, 0.5) is 0 Å². The third-order valence-electron chi connectivity index (χ3n) is 1.97. The average Bonchev–Trinajstić information content (AvgIpc) is 2.68. The summed E-state index contributed by atoms with van der Waals surface area (Å²) < 4.78 is 5.39. The number of nitrogens with one attached hydrogen (secondary N) is 1. The zero-order chi connectivity index (χ0) is 9.80. The van der Waals surface area contributed by atoms with Crippen LogP contribution in [-0.2, 0) is 0 Å². The molecule has 0 aliphatic rings. The van der Waals surface area contributed by atoms with Gasteiger partial charge in [0.25, 0.3) is 0 Å². The lowest BCUT2D eigenvalue weighted by Crippen LogP contribution is -1.93. The summed E-state index contributed by atoms with van der Waals surface area (Å²) in [5, 5.41) is 6.84. The molecule has 0 bridgehead atoms. The number of benzene rings is 1. The van der Waals surface area contributed by atoms with Crippen LogP contribution < -0.4 is 4.74 Å². The number of rotatable bonds is 3. The Morgan fingerprint density at radius 1 is 1.29 bits per heavy atom. The predicted octanol–water partition coefficient (Wildman–Crippen LogP) is 2.48. The van der Waals surface area contributed by atoms with Crippen LogP contribution >= 0.6 is 0 Å². The van der Waals surface area contributed by atoms with E-state index in [0.29, 0.717) is 12.5 Å². The van der Waals surface area contributed by atoms with Crippen molar-refractivity contribution in [1.29, 1.82) is 0 Å². The van der Waals surface area contributed by atoms with Gasteiger partial charge < -0.3 is 4.74 Å². The van der Waals surface area contributed by atoms with Gasteiger partial charge >= 0.3 is 0 Å². The first-order valence-electron chi connectivity index (χ1n) is 4.64. The lowest BCUT2D eigenvalue weighted by atomic mass is 10.1. The summed E-state index contributed by atoms with van der Waals surface area (Å²) in [5.41, 5.74) is 2.12. The molecule has 0 saturated heterocycles. The molecular weight excluding hydrogens is 176 g/mol. The van der Waals surface area contributed by atoms with Gasteiger partial charge in [-0.3, -0.25) is 5.10 Å². The Bertz CT molecular complexity index is 395. The number of hydrogen-bond donors (Lipinski definition) is 1. The maximum atomic E-state index is 5.39. The van der Waals surface area contributed by atoms with E-state index in [1.54, 1.807) is 0 Å². The molecule has 0 unspecified atom stereocenters. The molecule has 0 fully saturated rings. The van der Waals surface area contributed by atoms with Crippen molar-refractivity contribution in [2.75, 3.05) is 6.61 Å². The highest BCUT2D eigenvalue weighted by molar-refractivity contribution is 5.67. The summed E-state index contributed by atoms with van der Waals surface area (Å²) in [6.07, 6.45) is 1.85. The molecule has 0 aliphatic carbocycles. The Kier molecular flexibility index (Phi) is 2.49. The first kappa shape index (κ1) is 8.81. The fourth-order valence-corrected chi connectivity index (χ4v) is 1.35. The van der Waals surface area contributed by atoms with E-state index in [1.165, 1.54) is 0 Å². The van der Waals surface area contributed by atoms with Gasteiger partial charge in [-0.15, -0.1) is 5.10 Å². The topological polar surface area (TPSA) is 37.9 Å². The van der Waals surface area contributed by atoms with Crippen molar-refractivity contribution in [2.45, 2.75) is 6.92 Å². The Labute approximate surface area is 82.7 Å². The van der Waals surface area contributed by atoms with Crippen LogP contribution in [0.25, 0.3) is 11.1 Å². The van der Waals surface area contributed by atoms with Crippen molar-refractivity contribution in [3.05, 3.63) is 36.5 Å². The molecule has 0 aliphatic heterocycles. The molecule has 0 radical (unpaired) electrons. The van der Waals surface area contributed by atoms with E-state index < -0.39 is 0 Å². The molecule has 0 saturated carbocycles. The van der Waals surface area contributed by atoms with Crippen molar-refractivity contribution in [3.8, 4) is 17.0 Å². The minimum Gasteiger partial charge on any atom is -0.476 e. The summed E-state index contributed by atoms with van der Waals surface area (Å²) in [6, 6.07) is 10.1. The summed E-state index contributed by atoms with van der Waals surface area (Å²) >= 11 is 0. The average molecular weight is 188 g/mol. The van der Waals surface area contributed by atoms with E-state index in [-0.39, 0.29) is 0 Å². The highest BCUT2D eigenvalue weighted by atomic mass is 16.5. The van der Waals surface area contributed by atoms with E-state index in [1.807, 2.05) is 43.5 Å². The van der Waals surface area contributed by atoms with Crippen LogP contribution in [0.2, 0.25) is 0 Å². The molecule has 1 aromatic heterocycles. The lowest BCUT2D eigenvalue weighted by molar-refractivity contribution is 0.327. The largest absolute Gasteiger partial charge is 0.476 e. The highest BCUT2D eigenvalue weighted by Crippen LogP contribution is 2.26. The Hall–Kier alpha value is -1.77. The second kappa shape index (κ2) is 3.96. The van der Waals surface area contributed by atoms with Crippen molar-refractivity contribution in [3.63, 3.8) is 0 Å². The summed E-state index contributed by atoms with van der Waals surface area (Å²) in [4.78, 5) is 0. The third-order valence-corrected chi connectivity index (χ3v) is 1.97. The molecule has 0 atom stereocenters. The van der Waals surface area contributed by atoms with Crippen LogP contribution in [0.5, 0.6) is 5.88 Å². The molecule has 14 heavy (non-hydrogen) atoms. The van der Waals surface area contributed by atoms with Gasteiger partial charge in [0, 0.05) is 6.20 Å². The molecule has 3 heteroatoms. The minimum absolute atomic E-state index is 0.630. The number of nitrogens with zero attached hydrogens (tertiary/aromatic N) is 1. The Morgan fingerprint density at radius 2 is 2.07 bits per heavy atom. The van der Waals surface area contributed by atoms with Crippen LogP contribution in [0.15, 0.2) is 36.5 Å². The van der Waals surface area contributed by atoms with Gasteiger partial charge in [0.2, 0.25) is 5.88 Å². The van der Waals surface area contributed by atoms with Crippen molar-refractivity contribution >= 4 is 0 Å². The lowest BCUT2D eigenvalue weighted by Gasteiger charge is -2.01. The smallest absolute Gasteiger partial charge is 0.240 e. The summed E-state index contributed by atoms with van der Waals surface area (Å²) in [5.74, 6) is 0.665. The fraction of sp³-hybridized carbons (Fsp3) is 0.182. The number of H-pyrrole nitrogens is 1. The molecule has 1 aromatic carbocycles. The molecule has 1 N–H and O–H groups in total. The van der Waals surface area contributed by atoms with Crippen LogP contribution in [-0.4, -0.2) is 16.8 Å². The van der Waals surface area contributed by atoms with E-state index in [2.05, 4.69) is 10.2 Å². The second-order valence-electron chi connectivity index (χ2n) is 2.90. The Morgan fingerprint density at radius 3 is 2.79 bits per heavy atom. The first-order chi connectivity index (χ1) is 6.92. The zero-order valence-corrected chi connectivity index (χ0v) is 8.03. The predicted molar refractivity (Wildman–Crippen MR) is 55.2 cm³/mol. The maximum absolute atomic E-state index is 5.39. The summed E-state index contributed by atoms with van der Waals surface area (Å²) in [6.45, 7) is 2.58. The van der Waals surface area contributed by atoms with Gasteiger partial charge in [-0.2, -0.15) is 0 Å². The number of hydrogen-bond acceptors (Lipinski definition) is 2. The SMILES string of the molecule is CCOc1n[nH]cc1-c1ccccc1. The second-order valence-corrected chi connectivity index (χ2v) is 2.90. The van der Waals surface area contributed by atoms with Gasteiger partial charge in [0.05, 0.1) is 12.2 Å². The fourth-order valence-electron chi connectivity index (χ4n) is 1.35. The highest BCUT2D eigenvalue weighted by Gasteiger charge is 2.07. The summed E-state index contributed by atoms with van der Waals surface area (Å²) in [7, 11) is 0. The maximum Gasteiger partial charge on any atom is 0.240 e. The molecule has 2 aromatic rings. The number of aromatic nitrogens is 2. The van der Waals surface area contributed by atoms with E-state index >= 15 is 0 Å². The molecule has 0 spiro atoms. The van der Waals surface area contributed by atoms with Gasteiger partial charge in [0.1, 0.15) is 0 Å². The van der Waals surface area contributed by atoms with Crippen molar-refractivity contribution < 1.29 is 4.74 Å². The zero-order valence-electron chi connectivity index (χ0n) is 8.03. The molecule has 0 amide bonds. The van der Waals surface area contributed by atoms with Gasteiger partial charge in [0.15, 0.2) is 0 Å². The number of ether oxygens (including phenoxy) is 1. The van der Waals surface area contributed by atoms with Crippen molar-refractivity contribution in [2.24, 2.45) is 0 Å². The van der Waals surface area contributed by atoms with E-state index in [9.17, 15) is 0 Å². The van der Waals surface area contributed by atoms with E-state index in [4.69, 9.17) is 4.74 Å². The van der Waals surface area contributed by atoms with Gasteiger partial charge in [-0.1, -0.05) is 30.3 Å². The van der Waals surface area contributed by atoms with Crippen molar-refractivity contribution in [1.82, 2.24) is 10.2 Å². The van der Waals surface area contributed by atoms with Gasteiger partial charge in [-0.05, 0) is 12.5 Å². The quantitative estimate of drug-likeness (QED) is 0.803. The van der Waals surface area contributed by atoms with Crippen LogP contribution in [0.1, 0.15) is 6.92 Å². The number of aromatic amines is 1. The molecule has 1 heterocycles. The Balaban J connectivity index is 2.37. The standard InChI is InChI=1S/C11H12N2O/c1-2-14-11-10(8-12-13-11)9-6-4-3-5-7-9/h3-8H,2H2,1H3,(H,12,13). The first-order valence-corrected chi connectivity index (χ1v) is 4.64. The molecule has 2 rings (SSSR count). The normalized spacial score (nSPS) is 10.1. The van der Waals surface area contributed by atoms with Crippen LogP contribution in [0, 0.1) is 0 Å². The van der Waals surface area contributed by atoms with Gasteiger partial charge in [-0.25, -0.2) is 0 Å². The van der Waals surface area contributed by atoms with Crippen LogP contribution in [0.3, 0.4) is 0 Å².